The Morgan fingerprint density at radius 3 is 2.45 bits per heavy atom. The molecule has 3 rings (SSSR count). The van der Waals surface area contributed by atoms with E-state index >= 15 is 0 Å². The van der Waals surface area contributed by atoms with Crippen LogP contribution in [-0.2, 0) is 6.18 Å². The first-order valence-corrected chi connectivity index (χ1v) is 9.75. The van der Waals surface area contributed by atoms with Crippen molar-refractivity contribution in [2.24, 2.45) is 0 Å². The average molecular weight is 466 g/mol. The molecule has 29 heavy (non-hydrogen) atoms. The van der Waals surface area contributed by atoms with E-state index in [4.69, 9.17) is 0 Å². The highest BCUT2D eigenvalue weighted by Crippen LogP contribution is 2.37. The normalized spacial score (nSPS) is 12.5. The van der Waals surface area contributed by atoms with Crippen LogP contribution in [0.5, 0.6) is 0 Å². The molecule has 1 aromatic carbocycles. The average Bonchev–Trinajstić information content (AvgIpc) is 2.69. The highest BCUT2D eigenvalue weighted by Gasteiger charge is 2.33. The molecule has 0 aliphatic heterocycles. The Morgan fingerprint density at radius 1 is 1.07 bits per heavy atom. The Hall–Kier alpha value is -2.68. The number of hydrogen-bond acceptors (Lipinski definition) is 5. The number of nitrogens with zero attached hydrogens (tertiary/aromatic N) is 3. The summed E-state index contributed by atoms with van der Waals surface area (Å²) in [5.74, 6) is 0.775. The van der Waals surface area contributed by atoms with Crippen LogP contribution in [0.1, 0.15) is 25.8 Å². The summed E-state index contributed by atoms with van der Waals surface area (Å²) < 4.78 is 39.6. The maximum absolute atomic E-state index is 13.2. The molecular formula is C20H19BrF3N5. The third kappa shape index (κ3) is 5.44. The second-order valence-electron chi connectivity index (χ2n) is 6.47. The molecule has 152 valence electrons. The van der Waals surface area contributed by atoms with Gasteiger partial charge in [0.2, 0.25) is 5.95 Å². The highest BCUT2D eigenvalue weighted by atomic mass is 79.9. The van der Waals surface area contributed by atoms with Gasteiger partial charge in [-0.25, -0.2) is 4.98 Å². The monoisotopic (exact) mass is 465 g/mol. The molecule has 0 saturated heterocycles. The van der Waals surface area contributed by atoms with E-state index in [2.05, 4.69) is 41.5 Å². The van der Waals surface area contributed by atoms with Crippen LogP contribution in [0.4, 0.5) is 30.6 Å². The lowest BCUT2D eigenvalue weighted by molar-refractivity contribution is -0.138. The van der Waals surface area contributed by atoms with Crippen molar-refractivity contribution in [1.29, 1.82) is 0 Å². The standard InChI is InChI=1S/C20H19BrF3N5/c1-3-12(2)26-19-28-17(13-6-8-25-9-7-13)11-18(29-19)27-14-4-5-16(21)15(10-14)20(22,23)24/h4-12H,3H2,1-2H3,(H2,26,27,28,29)/t12-/m1/s1. The molecule has 2 N–H and O–H groups in total. The molecule has 2 aromatic heterocycles. The van der Waals surface area contributed by atoms with Crippen LogP contribution in [0.2, 0.25) is 0 Å². The Labute approximate surface area is 174 Å². The largest absolute Gasteiger partial charge is 0.417 e. The molecule has 0 amide bonds. The Kier molecular flexibility index (Phi) is 6.36. The maximum Gasteiger partial charge on any atom is 0.417 e. The van der Waals surface area contributed by atoms with Gasteiger partial charge in [-0.05, 0) is 43.7 Å². The Balaban J connectivity index is 1.99. The van der Waals surface area contributed by atoms with Crippen molar-refractivity contribution in [3.8, 4) is 11.3 Å². The van der Waals surface area contributed by atoms with Crippen molar-refractivity contribution in [3.63, 3.8) is 0 Å². The highest BCUT2D eigenvalue weighted by molar-refractivity contribution is 9.10. The summed E-state index contributed by atoms with van der Waals surface area (Å²) >= 11 is 2.95. The van der Waals surface area contributed by atoms with Crippen molar-refractivity contribution in [2.75, 3.05) is 10.6 Å². The number of pyridine rings is 1. The van der Waals surface area contributed by atoms with Crippen molar-refractivity contribution >= 4 is 33.4 Å². The fraction of sp³-hybridized carbons (Fsp3) is 0.250. The van der Waals surface area contributed by atoms with Crippen LogP contribution >= 0.6 is 15.9 Å². The van der Waals surface area contributed by atoms with E-state index in [1.54, 1.807) is 36.7 Å². The van der Waals surface area contributed by atoms with Gasteiger partial charge < -0.3 is 10.6 Å². The van der Waals surface area contributed by atoms with Crippen LogP contribution in [0, 0.1) is 0 Å². The SMILES string of the molecule is CC[C@@H](C)Nc1nc(Nc2ccc(Br)c(C(F)(F)F)c2)cc(-c2ccncc2)n1. The first-order valence-electron chi connectivity index (χ1n) is 8.96. The Morgan fingerprint density at radius 2 is 1.79 bits per heavy atom. The van der Waals surface area contributed by atoms with Crippen molar-refractivity contribution in [1.82, 2.24) is 15.0 Å². The predicted octanol–water partition coefficient (Wildman–Crippen LogP) is 6.27. The topological polar surface area (TPSA) is 62.7 Å². The molecule has 2 heterocycles. The number of alkyl halides is 3. The van der Waals surface area contributed by atoms with Gasteiger partial charge in [-0.1, -0.05) is 22.9 Å². The molecule has 0 spiro atoms. The molecule has 0 fully saturated rings. The maximum atomic E-state index is 13.2. The third-order valence-electron chi connectivity index (χ3n) is 4.23. The molecule has 0 unspecified atom stereocenters. The van der Waals surface area contributed by atoms with Crippen LogP contribution in [0.3, 0.4) is 0 Å². The number of benzene rings is 1. The van der Waals surface area contributed by atoms with Crippen molar-refractivity contribution < 1.29 is 13.2 Å². The molecular weight excluding hydrogens is 447 g/mol. The molecule has 9 heteroatoms. The molecule has 3 aromatic rings. The number of nitrogens with one attached hydrogen (secondary N) is 2. The van der Waals surface area contributed by atoms with Crippen LogP contribution in [0.25, 0.3) is 11.3 Å². The summed E-state index contributed by atoms with van der Waals surface area (Å²) in [5, 5.41) is 6.17. The van der Waals surface area contributed by atoms with Crippen LogP contribution in [-0.4, -0.2) is 21.0 Å². The van der Waals surface area contributed by atoms with Gasteiger partial charge in [0, 0.05) is 40.2 Å². The van der Waals surface area contributed by atoms with Gasteiger partial charge in [0.25, 0.3) is 0 Å². The van der Waals surface area contributed by atoms with Gasteiger partial charge in [-0.2, -0.15) is 18.2 Å². The summed E-state index contributed by atoms with van der Waals surface area (Å²) in [6.45, 7) is 4.03. The third-order valence-corrected chi connectivity index (χ3v) is 4.93. The minimum Gasteiger partial charge on any atom is -0.352 e. The van der Waals surface area contributed by atoms with E-state index in [-0.39, 0.29) is 16.2 Å². The Bertz CT molecular complexity index is 980. The first kappa shape index (κ1) is 21.0. The zero-order valence-corrected chi connectivity index (χ0v) is 17.3. The lowest BCUT2D eigenvalue weighted by atomic mass is 10.1. The zero-order valence-electron chi connectivity index (χ0n) is 15.8. The minimum absolute atomic E-state index is 0.0187. The fourth-order valence-electron chi connectivity index (χ4n) is 2.54. The molecule has 0 radical (unpaired) electrons. The van der Waals surface area contributed by atoms with Gasteiger partial charge in [-0.15, -0.1) is 0 Å². The van der Waals surface area contributed by atoms with Gasteiger partial charge in [-0.3, -0.25) is 4.98 Å². The van der Waals surface area contributed by atoms with Crippen LogP contribution in [0.15, 0.2) is 53.3 Å². The molecule has 5 nitrogen and oxygen atoms in total. The van der Waals surface area contributed by atoms with E-state index in [9.17, 15) is 13.2 Å². The number of halogens is 4. The van der Waals surface area contributed by atoms with Gasteiger partial charge >= 0.3 is 6.18 Å². The second kappa shape index (κ2) is 8.77. The van der Waals surface area contributed by atoms with E-state index in [1.807, 2.05) is 13.8 Å². The lowest BCUT2D eigenvalue weighted by Gasteiger charge is -2.15. The summed E-state index contributed by atoms with van der Waals surface area (Å²) in [6, 6.07) is 9.39. The van der Waals surface area contributed by atoms with E-state index in [1.165, 1.54) is 6.07 Å². The van der Waals surface area contributed by atoms with Gasteiger partial charge in [0.05, 0.1) is 11.3 Å². The van der Waals surface area contributed by atoms with Crippen LogP contribution < -0.4 is 10.6 Å². The number of aromatic nitrogens is 3. The quantitative estimate of drug-likeness (QED) is 0.448. The molecule has 0 aliphatic rings. The summed E-state index contributed by atoms with van der Waals surface area (Å²) in [6.07, 6.45) is -0.297. The first-order chi connectivity index (χ1) is 13.8. The molecule has 0 saturated carbocycles. The van der Waals surface area contributed by atoms with Gasteiger partial charge in [0.1, 0.15) is 5.82 Å². The van der Waals surface area contributed by atoms with Crippen molar-refractivity contribution in [2.45, 2.75) is 32.5 Å². The van der Waals surface area contributed by atoms with Crippen molar-refractivity contribution in [3.05, 3.63) is 58.8 Å². The van der Waals surface area contributed by atoms with E-state index < -0.39 is 11.7 Å². The van der Waals surface area contributed by atoms with Gasteiger partial charge in [0.15, 0.2) is 0 Å². The number of hydrogen-bond donors (Lipinski definition) is 2. The summed E-state index contributed by atoms with van der Waals surface area (Å²) in [5.41, 5.74) is 0.964. The van der Waals surface area contributed by atoms with E-state index in [0.29, 0.717) is 17.5 Å². The molecule has 1 atom stereocenters. The molecule has 0 aliphatic carbocycles. The predicted molar refractivity (Wildman–Crippen MR) is 111 cm³/mol. The second-order valence-corrected chi connectivity index (χ2v) is 7.32. The van der Waals surface area contributed by atoms with E-state index in [0.717, 1.165) is 18.1 Å². The zero-order chi connectivity index (χ0) is 21.0. The smallest absolute Gasteiger partial charge is 0.352 e. The summed E-state index contributed by atoms with van der Waals surface area (Å²) in [7, 11) is 0. The lowest BCUT2D eigenvalue weighted by Crippen LogP contribution is -2.16. The number of rotatable bonds is 6. The number of anilines is 3. The summed E-state index contributed by atoms with van der Waals surface area (Å²) in [4.78, 5) is 12.9. The molecule has 0 bridgehead atoms. The fourth-order valence-corrected chi connectivity index (χ4v) is 3.01. The minimum atomic E-state index is -4.46.